The van der Waals surface area contributed by atoms with E-state index in [1.807, 2.05) is 0 Å². The number of allylic oxidation sites excluding steroid dienone is 8. The normalized spacial score (nSPS) is 20.9. The van der Waals surface area contributed by atoms with Crippen LogP contribution in [-0.2, 0) is 10.8 Å². The molecule has 3 aromatic rings. The molecular weight excluding hydrogens is 647 g/mol. The summed E-state index contributed by atoms with van der Waals surface area (Å²) >= 11 is 0. The molecule has 0 saturated heterocycles. The highest BCUT2D eigenvalue weighted by Gasteiger charge is 2.43. The minimum Gasteiger partial charge on any atom is -0.494 e. The van der Waals surface area contributed by atoms with Crippen molar-refractivity contribution in [3.05, 3.63) is 131 Å². The summed E-state index contributed by atoms with van der Waals surface area (Å²) in [6.45, 7) is 14.7. The number of anilines is 1. The molecule has 1 atom stereocenters. The van der Waals surface area contributed by atoms with Crippen LogP contribution in [-0.4, -0.2) is 38.2 Å². The maximum atomic E-state index is 9.75. The summed E-state index contributed by atoms with van der Waals surface area (Å²) in [6.07, 6.45) is 13.9. The van der Waals surface area contributed by atoms with Crippen molar-refractivity contribution in [3.8, 4) is 5.75 Å². The molecule has 2 aliphatic heterocycles. The number of hydrogen-bond acceptors (Lipinski definition) is 2. The van der Waals surface area contributed by atoms with Crippen molar-refractivity contribution in [1.29, 1.82) is 0 Å². The van der Waals surface area contributed by atoms with Crippen molar-refractivity contribution in [1.82, 2.24) is 0 Å². The van der Waals surface area contributed by atoms with Crippen LogP contribution in [0.4, 0.5) is 28.6 Å². The molecule has 270 valence electrons. The number of unbranched alkanes of at least 4 members (excludes halogenated alkanes) is 1. The van der Waals surface area contributed by atoms with E-state index in [9.17, 15) is 17.3 Å². The summed E-state index contributed by atoms with van der Waals surface area (Å²) in [5.41, 5.74) is 13.3. The van der Waals surface area contributed by atoms with E-state index in [-0.39, 0.29) is 10.8 Å². The molecule has 0 fully saturated rings. The monoisotopic (exact) mass is 698 g/mol. The smallest absolute Gasteiger partial charge is 0.494 e. The van der Waals surface area contributed by atoms with Gasteiger partial charge in [-0.2, -0.15) is 4.58 Å². The highest BCUT2D eigenvalue weighted by molar-refractivity contribution is 6.50. The van der Waals surface area contributed by atoms with Crippen LogP contribution in [0.5, 0.6) is 5.75 Å². The summed E-state index contributed by atoms with van der Waals surface area (Å²) in [5, 5.41) is 0. The van der Waals surface area contributed by atoms with Crippen LogP contribution in [0.1, 0.15) is 83.9 Å². The van der Waals surface area contributed by atoms with Crippen LogP contribution < -0.4 is 9.64 Å². The number of halogens is 4. The fourth-order valence-electron chi connectivity index (χ4n) is 7.92. The van der Waals surface area contributed by atoms with E-state index in [2.05, 4.69) is 162 Å². The predicted octanol–water partition coefficient (Wildman–Crippen LogP) is 11.8. The number of nitrogens with zero attached hydrogens (tertiary/aromatic N) is 2. The lowest BCUT2D eigenvalue weighted by molar-refractivity contribution is -0.401. The Kier molecular flexibility index (Phi) is 11.2. The molecule has 0 spiro atoms. The first-order chi connectivity index (χ1) is 24.0. The molecule has 0 saturated carbocycles. The Bertz CT molecular complexity index is 1890. The second-order valence-electron chi connectivity index (χ2n) is 15.0. The molecule has 1 unspecified atom stereocenters. The number of likely N-dealkylation sites (N-methyl/N-ethyl adjacent to an activating group) is 1. The molecule has 1 aliphatic carbocycles. The van der Waals surface area contributed by atoms with Gasteiger partial charge in [-0.3, -0.25) is 0 Å². The van der Waals surface area contributed by atoms with E-state index in [0.717, 1.165) is 38.0 Å². The molecule has 8 heteroatoms. The lowest BCUT2D eigenvalue weighted by Gasteiger charge is -2.28. The maximum absolute atomic E-state index is 9.75. The van der Waals surface area contributed by atoms with Crippen LogP contribution in [0.3, 0.4) is 0 Å². The molecule has 0 amide bonds. The quantitative estimate of drug-likeness (QED) is 0.101. The molecule has 3 aromatic carbocycles. The van der Waals surface area contributed by atoms with Gasteiger partial charge >= 0.3 is 7.25 Å². The Labute approximate surface area is 301 Å². The summed E-state index contributed by atoms with van der Waals surface area (Å²) < 4.78 is 47.4. The molecule has 2 heterocycles. The molecule has 0 bridgehead atoms. The van der Waals surface area contributed by atoms with Gasteiger partial charge in [-0.1, -0.05) is 94.8 Å². The van der Waals surface area contributed by atoms with E-state index in [1.165, 1.54) is 56.2 Å². The summed E-state index contributed by atoms with van der Waals surface area (Å²) in [5.74, 6) is 1.49. The Morgan fingerprint density at radius 3 is 2.10 bits per heavy atom. The SMILES string of the molecule is CCCCOc1ccc(C2=C(/C=C/C3=[N+](C)c4ccccc4C3(C)C)CC(C)C/C2=C\C=C2/N(C)c3ccccc3C2(C)C)cc1.F[B-](F)(F)F. The molecule has 51 heavy (non-hydrogen) atoms. The number of para-hydroxylation sites is 2. The average molecular weight is 699 g/mol. The van der Waals surface area contributed by atoms with Gasteiger partial charge in [-0.25, -0.2) is 0 Å². The number of rotatable bonds is 8. The van der Waals surface area contributed by atoms with Crippen molar-refractivity contribution >= 4 is 29.9 Å². The number of ether oxygens (including phenoxy) is 1. The third kappa shape index (κ3) is 8.26. The van der Waals surface area contributed by atoms with Gasteiger partial charge in [0.15, 0.2) is 5.71 Å². The molecule has 3 nitrogen and oxygen atoms in total. The minimum atomic E-state index is -6.00. The first-order valence-electron chi connectivity index (χ1n) is 18.0. The number of benzene rings is 3. The molecule has 0 N–H and O–H groups in total. The fraction of sp³-hybridized carbons (Fsp3) is 0.372. The van der Waals surface area contributed by atoms with Gasteiger partial charge in [0.2, 0.25) is 5.69 Å². The highest BCUT2D eigenvalue weighted by Crippen LogP contribution is 2.47. The van der Waals surface area contributed by atoms with E-state index >= 15 is 0 Å². The second-order valence-corrected chi connectivity index (χ2v) is 15.0. The lowest BCUT2D eigenvalue weighted by atomic mass is 9.77. The maximum Gasteiger partial charge on any atom is 0.673 e. The standard InChI is InChI=1S/C43H51N2O.BF4/c1-9-10-27-46-34-23-19-31(20-24-34)41-32(21-25-39-42(3,4)35-15-11-13-17-37(35)44(39)7)28-30(2)29-33(41)22-26-40-43(5,6)36-16-12-14-18-38(36)45(40)8;2-1(3,4)5/h11-26,30H,9-10,27-29H2,1-8H3;/q+1;-1. The van der Waals surface area contributed by atoms with Gasteiger partial charge in [0.1, 0.15) is 12.8 Å². The lowest BCUT2D eigenvalue weighted by Crippen LogP contribution is -2.26. The molecule has 3 aliphatic rings. The van der Waals surface area contributed by atoms with Crippen LogP contribution in [0.2, 0.25) is 0 Å². The van der Waals surface area contributed by atoms with Crippen LogP contribution in [0.25, 0.3) is 5.57 Å². The summed E-state index contributed by atoms with van der Waals surface area (Å²) in [7, 11) is -1.59. The number of hydrogen-bond donors (Lipinski definition) is 0. The highest BCUT2D eigenvalue weighted by atomic mass is 19.5. The van der Waals surface area contributed by atoms with Crippen molar-refractivity contribution in [2.24, 2.45) is 5.92 Å². The minimum absolute atomic E-state index is 0.0585. The van der Waals surface area contributed by atoms with Crippen molar-refractivity contribution in [3.63, 3.8) is 0 Å². The predicted molar refractivity (Wildman–Crippen MR) is 206 cm³/mol. The topological polar surface area (TPSA) is 15.5 Å². The summed E-state index contributed by atoms with van der Waals surface area (Å²) in [6, 6.07) is 26.5. The largest absolute Gasteiger partial charge is 0.673 e. The fourth-order valence-corrected chi connectivity index (χ4v) is 7.92. The third-order valence-electron chi connectivity index (χ3n) is 10.5. The first kappa shape index (κ1) is 37.9. The third-order valence-corrected chi connectivity index (χ3v) is 10.5. The molecule has 0 aromatic heterocycles. The van der Waals surface area contributed by atoms with E-state index in [0.29, 0.717) is 5.92 Å². The van der Waals surface area contributed by atoms with Crippen molar-refractivity contribution in [2.75, 3.05) is 25.6 Å². The zero-order valence-corrected chi connectivity index (χ0v) is 31.2. The van der Waals surface area contributed by atoms with Gasteiger partial charge in [-0.05, 0) is 91.1 Å². The van der Waals surface area contributed by atoms with Crippen LogP contribution >= 0.6 is 0 Å². The molecule has 6 rings (SSSR count). The van der Waals surface area contributed by atoms with Crippen LogP contribution in [0.15, 0.2) is 114 Å². The van der Waals surface area contributed by atoms with Crippen LogP contribution in [0, 0.1) is 5.92 Å². The van der Waals surface area contributed by atoms with Gasteiger partial charge in [0, 0.05) is 41.6 Å². The van der Waals surface area contributed by atoms with Crippen molar-refractivity contribution < 1.29 is 26.6 Å². The van der Waals surface area contributed by atoms with E-state index in [4.69, 9.17) is 4.74 Å². The Balaban J connectivity index is 0.000000943. The molecule has 0 radical (unpaired) electrons. The van der Waals surface area contributed by atoms with Gasteiger partial charge in [0.25, 0.3) is 0 Å². The van der Waals surface area contributed by atoms with Gasteiger partial charge in [0.05, 0.1) is 12.0 Å². The zero-order chi connectivity index (χ0) is 37.1. The Morgan fingerprint density at radius 2 is 1.47 bits per heavy atom. The zero-order valence-electron chi connectivity index (χ0n) is 31.2. The van der Waals surface area contributed by atoms with Gasteiger partial charge < -0.3 is 26.9 Å². The first-order valence-corrected chi connectivity index (χ1v) is 18.0. The second kappa shape index (κ2) is 15.1. The summed E-state index contributed by atoms with van der Waals surface area (Å²) in [4.78, 5) is 2.37. The number of fused-ring (bicyclic) bond motifs is 2. The van der Waals surface area contributed by atoms with Crippen molar-refractivity contribution in [2.45, 2.75) is 78.1 Å². The Morgan fingerprint density at radius 1 is 0.843 bits per heavy atom. The average Bonchev–Trinajstić information content (AvgIpc) is 3.39. The van der Waals surface area contributed by atoms with Gasteiger partial charge in [-0.15, -0.1) is 0 Å². The molecular formula is C43H51BF4N2O. The van der Waals surface area contributed by atoms with E-state index in [1.54, 1.807) is 0 Å². The Hall–Kier alpha value is -4.33. The van der Waals surface area contributed by atoms with E-state index < -0.39 is 7.25 Å².